The van der Waals surface area contributed by atoms with Crippen LogP contribution in [0.4, 0.5) is 9.52 Å². The van der Waals surface area contributed by atoms with E-state index in [-0.39, 0.29) is 27.7 Å². The first-order chi connectivity index (χ1) is 15.5. The van der Waals surface area contributed by atoms with Crippen LogP contribution in [0, 0.1) is 25.6 Å². The molecule has 1 saturated heterocycles. The number of rotatable bonds is 7. The van der Waals surface area contributed by atoms with Crippen LogP contribution in [0.1, 0.15) is 28.2 Å². The molecule has 0 spiro atoms. The maximum atomic E-state index is 15.0. The number of aryl methyl sites for hydroxylation is 2. The fraction of sp³-hybridized carbons (Fsp3) is 0.381. The highest BCUT2D eigenvalue weighted by Gasteiger charge is 2.23. The van der Waals surface area contributed by atoms with Crippen molar-refractivity contribution in [3.05, 3.63) is 41.2 Å². The van der Waals surface area contributed by atoms with Gasteiger partial charge in [0, 0.05) is 30.0 Å². The van der Waals surface area contributed by atoms with E-state index < -0.39 is 11.7 Å². The van der Waals surface area contributed by atoms with Gasteiger partial charge in [-0.15, -0.1) is 5.10 Å². The van der Waals surface area contributed by atoms with Crippen LogP contribution in [0.15, 0.2) is 18.5 Å². The molecule has 0 bridgehead atoms. The summed E-state index contributed by atoms with van der Waals surface area (Å²) in [5.41, 5.74) is 1.47. The Morgan fingerprint density at radius 2 is 2.16 bits per heavy atom. The highest BCUT2D eigenvalue weighted by molar-refractivity contribution is 7.17. The van der Waals surface area contributed by atoms with Crippen LogP contribution in [-0.2, 0) is 4.74 Å². The van der Waals surface area contributed by atoms with E-state index in [9.17, 15) is 4.79 Å². The minimum Gasteiger partial charge on any atom is -0.494 e. The van der Waals surface area contributed by atoms with Gasteiger partial charge in [-0.25, -0.2) is 4.39 Å². The predicted octanol–water partition coefficient (Wildman–Crippen LogP) is 3.43. The van der Waals surface area contributed by atoms with Gasteiger partial charge in [0.1, 0.15) is 5.75 Å². The number of nitrogens with one attached hydrogen (secondary N) is 1. The summed E-state index contributed by atoms with van der Waals surface area (Å²) in [6.07, 6.45) is 3.77. The molecule has 0 radical (unpaired) electrons. The summed E-state index contributed by atoms with van der Waals surface area (Å²) in [5.74, 6) is -0.524. The number of methoxy groups -OCH3 is 1. The number of ether oxygens (including phenoxy) is 3. The summed E-state index contributed by atoms with van der Waals surface area (Å²) in [4.78, 5) is 21.2. The van der Waals surface area contributed by atoms with Crippen molar-refractivity contribution in [1.82, 2.24) is 20.2 Å². The van der Waals surface area contributed by atoms with Crippen LogP contribution >= 0.6 is 11.3 Å². The molecule has 1 N–H and O–H groups in total. The number of aromatic nitrogens is 4. The van der Waals surface area contributed by atoms with Crippen LogP contribution in [0.3, 0.4) is 0 Å². The molecule has 4 heterocycles. The van der Waals surface area contributed by atoms with Crippen LogP contribution < -0.4 is 14.8 Å². The lowest BCUT2D eigenvalue weighted by atomic mass is 9.99. The molecule has 9 nitrogen and oxygen atoms in total. The summed E-state index contributed by atoms with van der Waals surface area (Å²) in [6.45, 7) is 5.19. The molecule has 3 aromatic rings. The fourth-order valence-electron chi connectivity index (χ4n) is 3.31. The summed E-state index contributed by atoms with van der Waals surface area (Å²) < 4.78 is 31.3. The van der Waals surface area contributed by atoms with Gasteiger partial charge in [0.2, 0.25) is 5.13 Å². The smallest absolute Gasteiger partial charge is 0.295 e. The maximum Gasteiger partial charge on any atom is 0.295 e. The Bertz CT molecular complexity index is 1130. The average Bonchev–Trinajstić information content (AvgIpc) is 3.46. The maximum absolute atomic E-state index is 15.0. The number of carbonyl (C=O) groups excluding carboxylic acids is 1. The van der Waals surface area contributed by atoms with E-state index in [2.05, 4.69) is 25.5 Å². The first-order valence-corrected chi connectivity index (χ1v) is 10.8. The molecule has 1 amide bonds. The summed E-state index contributed by atoms with van der Waals surface area (Å²) in [6, 6.07) is 1.63. The fourth-order valence-corrected chi connectivity index (χ4v) is 3.91. The third-order valence-electron chi connectivity index (χ3n) is 5.03. The topological polar surface area (TPSA) is 108 Å². The predicted molar refractivity (Wildman–Crippen MR) is 116 cm³/mol. The van der Waals surface area contributed by atoms with E-state index in [0.29, 0.717) is 35.6 Å². The number of amides is 1. The van der Waals surface area contributed by atoms with Gasteiger partial charge in [0.15, 0.2) is 5.82 Å². The molecule has 1 aliphatic heterocycles. The lowest BCUT2D eigenvalue weighted by molar-refractivity contribution is 0.102. The third kappa shape index (κ3) is 4.68. The number of anilines is 1. The molecule has 0 aromatic carbocycles. The Morgan fingerprint density at radius 1 is 1.31 bits per heavy atom. The summed E-state index contributed by atoms with van der Waals surface area (Å²) in [7, 11) is 1.42. The molecule has 1 fully saturated rings. The molecule has 0 saturated carbocycles. The van der Waals surface area contributed by atoms with Gasteiger partial charge in [-0.05, 0) is 37.7 Å². The van der Waals surface area contributed by atoms with Crippen molar-refractivity contribution >= 4 is 22.4 Å². The Balaban J connectivity index is 1.57. The SMILES string of the molecule is COc1cnc(C)c(F)c1-c1cc(C)ncc1C(=O)Nc1nnc(OC[C@@H]2CCOC2)s1. The lowest BCUT2D eigenvalue weighted by Crippen LogP contribution is -2.14. The Hall–Kier alpha value is -3.18. The second-order valence-corrected chi connectivity index (χ2v) is 8.28. The number of hydrogen-bond acceptors (Lipinski definition) is 9. The van der Waals surface area contributed by atoms with E-state index in [1.165, 1.54) is 19.5 Å². The monoisotopic (exact) mass is 459 g/mol. The van der Waals surface area contributed by atoms with E-state index >= 15 is 4.39 Å². The van der Waals surface area contributed by atoms with Gasteiger partial charge >= 0.3 is 0 Å². The molecule has 0 unspecified atom stereocenters. The molecule has 4 rings (SSSR count). The van der Waals surface area contributed by atoms with E-state index in [1.807, 2.05) is 0 Å². The van der Waals surface area contributed by atoms with Gasteiger partial charge in [0.25, 0.3) is 11.1 Å². The van der Waals surface area contributed by atoms with E-state index in [1.54, 1.807) is 19.9 Å². The standard InChI is InChI=1S/C21H22FN5O4S/c1-11-6-14(17-16(29-3)8-24-12(2)18(17)22)15(7-23-11)19(28)25-20-26-27-21(32-20)31-10-13-4-5-30-9-13/h6-8,13H,4-5,9-10H2,1-3H3,(H,25,26,28)/t13-/m1/s1. The highest BCUT2D eigenvalue weighted by Crippen LogP contribution is 2.36. The first-order valence-electron chi connectivity index (χ1n) is 9.97. The van der Waals surface area contributed by atoms with Crippen molar-refractivity contribution in [1.29, 1.82) is 0 Å². The minimum atomic E-state index is -0.563. The second-order valence-electron chi connectivity index (χ2n) is 7.34. The molecule has 168 valence electrons. The highest BCUT2D eigenvalue weighted by atomic mass is 32.1. The number of nitrogens with zero attached hydrogens (tertiary/aromatic N) is 4. The molecule has 11 heteroatoms. The number of halogens is 1. The van der Waals surface area contributed by atoms with Crippen LogP contribution in [0.5, 0.6) is 10.9 Å². The average molecular weight is 460 g/mol. The molecule has 1 atom stereocenters. The molecule has 1 aliphatic rings. The van der Waals surface area contributed by atoms with Gasteiger partial charge in [-0.2, -0.15) is 0 Å². The van der Waals surface area contributed by atoms with Crippen molar-refractivity contribution in [3.8, 4) is 22.1 Å². The van der Waals surface area contributed by atoms with E-state index in [0.717, 1.165) is 24.4 Å². The third-order valence-corrected chi connectivity index (χ3v) is 5.78. The van der Waals surface area contributed by atoms with Gasteiger partial charge in [-0.3, -0.25) is 20.1 Å². The van der Waals surface area contributed by atoms with Crippen molar-refractivity contribution in [3.63, 3.8) is 0 Å². The number of hydrogen-bond donors (Lipinski definition) is 1. The second kappa shape index (κ2) is 9.53. The number of carbonyl (C=O) groups is 1. The largest absolute Gasteiger partial charge is 0.494 e. The zero-order valence-electron chi connectivity index (χ0n) is 17.8. The normalized spacial score (nSPS) is 15.6. The zero-order chi connectivity index (χ0) is 22.7. The first kappa shape index (κ1) is 22.0. The molecule has 32 heavy (non-hydrogen) atoms. The van der Waals surface area contributed by atoms with Crippen LogP contribution in [0.2, 0.25) is 0 Å². The van der Waals surface area contributed by atoms with Crippen molar-refractivity contribution in [2.75, 3.05) is 32.2 Å². The Morgan fingerprint density at radius 3 is 2.91 bits per heavy atom. The summed E-state index contributed by atoms with van der Waals surface area (Å²) in [5, 5.41) is 11.2. The van der Waals surface area contributed by atoms with Gasteiger partial charge in [-0.1, -0.05) is 5.10 Å². The lowest BCUT2D eigenvalue weighted by Gasteiger charge is -2.14. The molecule has 3 aromatic heterocycles. The van der Waals surface area contributed by atoms with Crippen LogP contribution in [-0.4, -0.2) is 53.0 Å². The van der Waals surface area contributed by atoms with E-state index in [4.69, 9.17) is 14.2 Å². The van der Waals surface area contributed by atoms with Gasteiger partial charge < -0.3 is 14.2 Å². The van der Waals surface area contributed by atoms with Gasteiger partial charge in [0.05, 0.1) is 43.3 Å². The summed E-state index contributed by atoms with van der Waals surface area (Å²) >= 11 is 1.11. The van der Waals surface area contributed by atoms with Crippen molar-refractivity contribution in [2.45, 2.75) is 20.3 Å². The zero-order valence-corrected chi connectivity index (χ0v) is 18.7. The Kier molecular flexibility index (Phi) is 6.56. The number of pyridine rings is 2. The van der Waals surface area contributed by atoms with Crippen molar-refractivity contribution < 1.29 is 23.4 Å². The molecular weight excluding hydrogens is 437 g/mol. The molecular formula is C21H22FN5O4S. The molecule has 0 aliphatic carbocycles. The minimum absolute atomic E-state index is 0.149. The quantitative estimate of drug-likeness (QED) is 0.573. The van der Waals surface area contributed by atoms with Crippen LogP contribution in [0.25, 0.3) is 11.1 Å². The van der Waals surface area contributed by atoms with Crippen molar-refractivity contribution in [2.24, 2.45) is 5.92 Å². The Labute approximate surface area is 188 Å².